The van der Waals surface area contributed by atoms with Gasteiger partial charge in [-0.05, 0) is 61.2 Å². The summed E-state index contributed by atoms with van der Waals surface area (Å²) in [7, 11) is 0. The summed E-state index contributed by atoms with van der Waals surface area (Å²) in [4.78, 5) is 34.6. The predicted octanol–water partition coefficient (Wildman–Crippen LogP) is 5.27. The molecule has 0 saturated carbocycles. The van der Waals surface area contributed by atoms with Gasteiger partial charge in [0.25, 0.3) is 5.91 Å². The van der Waals surface area contributed by atoms with Crippen molar-refractivity contribution in [2.45, 2.75) is 38.7 Å². The van der Waals surface area contributed by atoms with Gasteiger partial charge in [0.15, 0.2) is 0 Å². The summed E-state index contributed by atoms with van der Waals surface area (Å²) in [6.45, 7) is 2.96. The maximum absolute atomic E-state index is 14.0. The van der Waals surface area contributed by atoms with Gasteiger partial charge in [-0.1, -0.05) is 29.8 Å². The number of amides is 1. The number of aliphatic hydroxyl groups excluding tert-OH is 1. The molecule has 39 heavy (non-hydrogen) atoms. The highest BCUT2D eigenvalue weighted by molar-refractivity contribution is 5.95. The Labute approximate surface area is 226 Å². The average molecular weight is 528 g/mol. The fourth-order valence-electron chi connectivity index (χ4n) is 4.69. The van der Waals surface area contributed by atoms with E-state index in [1.807, 2.05) is 19.1 Å². The molecule has 0 atom stereocenters. The highest BCUT2D eigenvalue weighted by atomic mass is 19.1. The van der Waals surface area contributed by atoms with E-state index in [1.165, 1.54) is 6.07 Å². The van der Waals surface area contributed by atoms with Crippen LogP contribution in [0.3, 0.4) is 0 Å². The summed E-state index contributed by atoms with van der Waals surface area (Å²) in [6.07, 6.45) is 4.42. The number of aryl methyl sites for hydroxylation is 1. The van der Waals surface area contributed by atoms with Gasteiger partial charge in [-0.2, -0.15) is 0 Å². The molecule has 0 radical (unpaired) electrons. The van der Waals surface area contributed by atoms with Crippen molar-refractivity contribution in [3.05, 3.63) is 101 Å². The van der Waals surface area contributed by atoms with Gasteiger partial charge in [-0.25, -0.2) is 4.39 Å². The van der Waals surface area contributed by atoms with Crippen LogP contribution in [0.1, 0.15) is 39.9 Å². The first-order chi connectivity index (χ1) is 18.8. The number of Topliss-reactive ketones (excluding diaryl/α,β-unsaturated/α-hetero) is 1. The number of piperidine rings is 1. The van der Waals surface area contributed by atoms with Crippen LogP contribution in [0.5, 0.6) is 11.5 Å². The lowest BCUT2D eigenvalue weighted by Crippen LogP contribution is -2.39. The third-order valence-corrected chi connectivity index (χ3v) is 6.84. The number of hydrogen-bond donors (Lipinski definition) is 2. The quantitative estimate of drug-likeness (QED) is 0.326. The van der Waals surface area contributed by atoms with Crippen LogP contribution < -0.4 is 4.74 Å². The maximum Gasteiger partial charge on any atom is 0.255 e. The molecule has 0 spiro atoms. The van der Waals surface area contributed by atoms with Crippen LogP contribution in [0.2, 0.25) is 0 Å². The molecule has 0 aliphatic carbocycles. The number of ether oxygens (including phenoxy) is 1. The molecule has 4 aromatic rings. The summed E-state index contributed by atoms with van der Waals surface area (Å²) in [5.74, 6) is 0.682. The third-order valence-electron chi connectivity index (χ3n) is 6.84. The molecule has 3 heterocycles. The first-order valence-electron chi connectivity index (χ1n) is 13.0. The lowest BCUT2D eigenvalue weighted by atomic mass is 10.0. The molecular formula is C31H30FN3O4. The van der Waals surface area contributed by atoms with Crippen molar-refractivity contribution in [2.24, 2.45) is 0 Å². The van der Waals surface area contributed by atoms with E-state index in [4.69, 9.17) is 4.74 Å². The Morgan fingerprint density at radius 2 is 1.79 bits per heavy atom. The Balaban J connectivity index is 1.20. The number of ketones is 1. The van der Waals surface area contributed by atoms with Crippen molar-refractivity contribution in [1.82, 2.24) is 14.9 Å². The number of H-pyrrole nitrogens is 1. The fraction of sp³-hybridized carbons (Fsp3) is 0.258. The monoisotopic (exact) mass is 527 g/mol. The van der Waals surface area contributed by atoms with Gasteiger partial charge < -0.3 is 19.7 Å². The Bertz CT molecular complexity index is 1470. The van der Waals surface area contributed by atoms with Gasteiger partial charge in [0.2, 0.25) is 0 Å². The maximum atomic E-state index is 14.0. The van der Waals surface area contributed by atoms with Crippen LogP contribution in [0.4, 0.5) is 4.39 Å². The number of likely N-dealkylation sites (tertiary alicyclic amines) is 1. The molecule has 8 heteroatoms. The van der Waals surface area contributed by atoms with E-state index in [1.54, 1.807) is 59.8 Å². The molecule has 1 fully saturated rings. The van der Waals surface area contributed by atoms with Crippen molar-refractivity contribution in [2.75, 3.05) is 13.1 Å². The normalized spacial score (nSPS) is 13.9. The van der Waals surface area contributed by atoms with Gasteiger partial charge >= 0.3 is 0 Å². The molecule has 1 aliphatic heterocycles. The van der Waals surface area contributed by atoms with Gasteiger partial charge in [0.1, 0.15) is 23.1 Å². The molecular weight excluding hydrogens is 497 g/mol. The minimum Gasteiger partial charge on any atom is -0.457 e. The molecule has 0 unspecified atom stereocenters. The second kappa shape index (κ2) is 11.6. The summed E-state index contributed by atoms with van der Waals surface area (Å²) < 4.78 is 20.0. The van der Waals surface area contributed by atoms with Crippen LogP contribution in [-0.4, -0.2) is 50.9 Å². The zero-order chi connectivity index (χ0) is 27.4. The number of pyridine rings is 1. The summed E-state index contributed by atoms with van der Waals surface area (Å²) in [6, 6.07) is 17.3. The van der Waals surface area contributed by atoms with Crippen LogP contribution >= 0.6 is 0 Å². The number of hydrogen-bond acceptors (Lipinski definition) is 5. The van der Waals surface area contributed by atoms with Crippen molar-refractivity contribution in [3.8, 4) is 22.9 Å². The molecule has 200 valence electrons. The van der Waals surface area contributed by atoms with Crippen LogP contribution in [0.15, 0.2) is 73.1 Å². The van der Waals surface area contributed by atoms with E-state index in [0.717, 1.165) is 11.1 Å². The third kappa shape index (κ3) is 6.59. The first kappa shape index (κ1) is 26.3. The summed E-state index contributed by atoms with van der Waals surface area (Å²) in [5.41, 5.74) is 4.03. The highest BCUT2D eigenvalue weighted by Gasteiger charge is 2.23. The van der Waals surface area contributed by atoms with Gasteiger partial charge in [-0.15, -0.1) is 0 Å². The number of nitrogens with zero attached hydrogens (tertiary/aromatic N) is 2. The summed E-state index contributed by atoms with van der Waals surface area (Å²) in [5, 5.41) is 9.69. The standard InChI is InChI=1S/C31H30FN3O4/c1-20-2-7-28(32)22(14-20)16-25(37)15-21-3-5-26(6-4-21)39-27-8-11-33-30(18-27)29-17-23(19-34-29)31(38)35-12-9-24(36)10-13-35/h2-8,11,14,17-19,24,34,36H,9-10,12-13,15-16H2,1H3. The second-order valence-corrected chi connectivity index (χ2v) is 9.94. The van der Waals surface area contributed by atoms with Crippen molar-refractivity contribution in [3.63, 3.8) is 0 Å². The average Bonchev–Trinajstić information content (AvgIpc) is 3.43. The Morgan fingerprint density at radius 3 is 2.56 bits per heavy atom. The van der Waals surface area contributed by atoms with E-state index in [2.05, 4.69) is 9.97 Å². The molecule has 1 amide bonds. The number of nitrogens with one attached hydrogen (secondary N) is 1. The number of carbonyl (C=O) groups is 2. The molecule has 2 N–H and O–H groups in total. The van der Waals surface area contributed by atoms with E-state index < -0.39 is 0 Å². The predicted molar refractivity (Wildman–Crippen MR) is 145 cm³/mol. The van der Waals surface area contributed by atoms with Gasteiger partial charge in [-0.3, -0.25) is 14.6 Å². The number of aromatic amines is 1. The zero-order valence-corrected chi connectivity index (χ0v) is 21.7. The smallest absolute Gasteiger partial charge is 0.255 e. The fourth-order valence-corrected chi connectivity index (χ4v) is 4.69. The number of aromatic nitrogens is 2. The van der Waals surface area contributed by atoms with E-state index >= 15 is 0 Å². The molecule has 5 rings (SSSR count). The Kier molecular flexibility index (Phi) is 7.84. The number of carbonyl (C=O) groups excluding carboxylic acids is 2. The minimum atomic E-state index is -0.362. The summed E-state index contributed by atoms with van der Waals surface area (Å²) >= 11 is 0. The molecule has 0 bridgehead atoms. The van der Waals surface area contributed by atoms with Crippen LogP contribution in [0, 0.1) is 12.7 Å². The van der Waals surface area contributed by atoms with Crippen molar-refractivity contribution in [1.29, 1.82) is 0 Å². The Morgan fingerprint density at radius 1 is 1.03 bits per heavy atom. The van der Waals surface area contributed by atoms with Gasteiger partial charge in [0, 0.05) is 44.4 Å². The van der Waals surface area contributed by atoms with Crippen molar-refractivity contribution < 1.29 is 23.8 Å². The van der Waals surface area contributed by atoms with Crippen LogP contribution in [0.25, 0.3) is 11.4 Å². The number of rotatable bonds is 8. The first-order valence-corrected chi connectivity index (χ1v) is 13.0. The lowest BCUT2D eigenvalue weighted by Gasteiger charge is -2.29. The lowest BCUT2D eigenvalue weighted by molar-refractivity contribution is -0.117. The van der Waals surface area contributed by atoms with E-state index in [0.29, 0.717) is 59.9 Å². The van der Waals surface area contributed by atoms with Gasteiger partial charge in [0.05, 0.1) is 23.1 Å². The Hall–Kier alpha value is -4.30. The number of halogens is 1. The largest absolute Gasteiger partial charge is 0.457 e. The SMILES string of the molecule is Cc1ccc(F)c(CC(=O)Cc2ccc(Oc3ccnc(-c4cc(C(=O)N5CCC(O)CC5)c[nH]4)c3)cc2)c1. The molecule has 2 aromatic heterocycles. The van der Waals surface area contributed by atoms with E-state index in [9.17, 15) is 19.1 Å². The number of aliphatic hydroxyl groups is 1. The second-order valence-electron chi connectivity index (χ2n) is 9.94. The van der Waals surface area contributed by atoms with Crippen molar-refractivity contribution >= 4 is 11.7 Å². The molecule has 2 aromatic carbocycles. The topological polar surface area (TPSA) is 95.5 Å². The molecule has 7 nitrogen and oxygen atoms in total. The number of benzene rings is 2. The molecule has 1 aliphatic rings. The minimum absolute atomic E-state index is 0.0543. The zero-order valence-electron chi connectivity index (χ0n) is 21.7. The van der Waals surface area contributed by atoms with E-state index in [-0.39, 0.29) is 36.5 Å². The molecule has 1 saturated heterocycles. The highest BCUT2D eigenvalue weighted by Crippen LogP contribution is 2.27. The van der Waals surface area contributed by atoms with Crippen LogP contribution in [-0.2, 0) is 17.6 Å².